The molecule has 0 aliphatic rings. The minimum absolute atomic E-state index is 0.625. The molecule has 1 heterocycles. The molecule has 88 valence electrons. The number of hydrogen-bond acceptors (Lipinski definition) is 3. The van der Waals surface area contributed by atoms with Crippen LogP contribution in [0.4, 0.5) is 5.69 Å². The molecule has 0 saturated carbocycles. The van der Waals surface area contributed by atoms with Crippen molar-refractivity contribution in [3.05, 3.63) is 54.4 Å². The number of para-hydroxylation sites is 1. The molecule has 0 radical (unpaired) electrons. The first-order chi connectivity index (χ1) is 8.34. The fraction of sp³-hybridized carbons (Fsp3) is 0.214. The monoisotopic (exact) mass is 228 g/mol. The zero-order valence-electron chi connectivity index (χ0n) is 9.89. The van der Waals surface area contributed by atoms with Gasteiger partial charge < -0.3 is 10.1 Å². The highest BCUT2D eigenvalue weighted by molar-refractivity contribution is 5.42. The van der Waals surface area contributed by atoms with Crippen LogP contribution in [0.3, 0.4) is 0 Å². The van der Waals surface area contributed by atoms with Crippen molar-refractivity contribution in [1.29, 1.82) is 0 Å². The molecule has 2 aromatic rings. The summed E-state index contributed by atoms with van der Waals surface area (Å²) in [6.07, 6.45) is 1.75. The molecule has 1 N–H and O–H groups in total. The van der Waals surface area contributed by atoms with Crippen molar-refractivity contribution in [2.45, 2.75) is 6.92 Å². The molecule has 3 heteroatoms. The Labute approximate surface area is 101 Å². The SMILES string of the molecule is Cc1ccc(OCCNc2ccccc2)cn1. The number of nitrogens with zero attached hydrogens (tertiary/aromatic N) is 1. The summed E-state index contributed by atoms with van der Waals surface area (Å²) in [7, 11) is 0. The van der Waals surface area contributed by atoms with Crippen molar-refractivity contribution < 1.29 is 4.74 Å². The quantitative estimate of drug-likeness (QED) is 0.799. The van der Waals surface area contributed by atoms with Crippen LogP contribution in [0.1, 0.15) is 5.69 Å². The summed E-state index contributed by atoms with van der Waals surface area (Å²) in [5, 5.41) is 3.28. The molecule has 1 aromatic heterocycles. The molecule has 0 spiro atoms. The lowest BCUT2D eigenvalue weighted by molar-refractivity contribution is 0.331. The number of pyridine rings is 1. The van der Waals surface area contributed by atoms with Crippen LogP contribution < -0.4 is 10.1 Å². The molecular formula is C14H16N2O. The van der Waals surface area contributed by atoms with Crippen molar-refractivity contribution in [3.63, 3.8) is 0 Å². The van der Waals surface area contributed by atoms with E-state index < -0.39 is 0 Å². The zero-order valence-corrected chi connectivity index (χ0v) is 9.89. The van der Waals surface area contributed by atoms with Crippen LogP contribution in [-0.4, -0.2) is 18.1 Å². The van der Waals surface area contributed by atoms with Crippen molar-refractivity contribution in [2.24, 2.45) is 0 Å². The predicted molar refractivity (Wildman–Crippen MR) is 69.4 cm³/mol. The average molecular weight is 228 g/mol. The van der Waals surface area contributed by atoms with E-state index in [1.54, 1.807) is 6.20 Å². The Morgan fingerprint density at radius 2 is 1.94 bits per heavy atom. The Balaban J connectivity index is 1.71. The van der Waals surface area contributed by atoms with Gasteiger partial charge in [0.05, 0.1) is 6.20 Å². The number of aromatic nitrogens is 1. The maximum Gasteiger partial charge on any atom is 0.137 e. The van der Waals surface area contributed by atoms with E-state index in [1.807, 2.05) is 49.4 Å². The second kappa shape index (κ2) is 5.89. The van der Waals surface area contributed by atoms with Gasteiger partial charge in [0.1, 0.15) is 12.4 Å². The topological polar surface area (TPSA) is 34.1 Å². The molecule has 1 aromatic carbocycles. The zero-order chi connectivity index (χ0) is 11.9. The fourth-order valence-corrected chi connectivity index (χ4v) is 1.46. The summed E-state index contributed by atoms with van der Waals surface area (Å²) in [5.74, 6) is 0.811. The summed E-state index contributed by atoms with van der Waals surface area (Å²) in [6.45, 7) is 3.36. The Morgan fingerprint density at radius 1 is 1.12 bits per heavy atom. The Hall–Kier alpha value is -2.03. The van der Waals surface area contributed by atoms with Gasteiger partial charge >= 0.3 is 0 Å². The maximum absolute atomic E-state index is 5.56. The highest BCUT2D eigenvalue weighted by Crippen LogP contribution is 2.08. The van der Waals surface area contributed by atoms with Crippen molar-refractivity contribution in [1.82, 2.24) is 4.98 Å². The normalized spacial score (nSPS) is 9.94. The lowest BCUT2D eigenvalue weighted by Gasteiger charge is -2.08. The molecule has 0 atom stereocenters. The largest absolute Gasteiger partial charge is 0.490 e. The Kier molecular flexibility index (Phi) is 3.97. The Morgan fingerprint density at radius 3 is 2.65 bits per heavy atom. The highest BCUT2D eigenvalue weighted by Gasteiger charge is 1.94. The lowest BCUT2D eigenvalue weighted by atomic mass is 10.3. The van der Waals surface area contributed by atoms with Crippen molar-refractivity contribution in [2.75, 3.05) is 18.5 Å². The van der Waals surface area contributed by atoms with Gasteiger partial charge in [-0.15, -0.1) is 0 Å². The molecule has 3 nitrogen and oxygen atoms in total. The van der Waals surface area contributed by atoms with Crippen LogP contribution in [-0.2, 0) is 0 Å². The van der Waals surface area contributed by atoms with Crippen LogP contribution in [0.2, 0.25) is 0 Å². The van der Waals surface area contributed by atoms with Crippen LogP contribution in [0, 0.1) is 6.92 Å². The van der Waals surface area contributed by atoms with Gasteiger partial charge in [-0.25, -0.2) is 0 Å². The lowest BCUT2D eigenvalue weighted by Crippen LogP contribution is -2.11. The van der Waals surface area contributed by atoms with E-state index in [-0.39, 0.29) is 0 Å². The van der Waals surface area contributed by atoms with Gasteiger partial charge in [-0.1, -0.05) is 18.2 Å². The van der Waals surface area contributed by atoms with Gasteiger partial charge in [0.15, 0.2) is 0 Å². The van der Waals surface area contributed by atoms with Gasteiger partial charge in [0, 0.05) is 17.9 Å². The summed E-state index contributed by atoms with van der Waals surface area (Å²) in [6, 6.07) is 14.0. The van der Waals surface area contributed by atoms with E-state index >= 15 is 0 Å². The van der Waals surface area contributed by atoms with E-state index in [1.165, 1.54) is 0 Å². The van der Waals surface area contributed by atoms with Gasteiger partial charge in [0.25, 0.3) is 0 Å². The van der Waals surface area contributed by atoms with E-state index in [0.717, 1.165) is 23.7 Å². The second-order valence-electron chi connectivity index (χ2n) is 3.78. The molecule has 0 bridgehead atoms. The van der Waals surface area contributed by atoms with Gasteiger partial charge in [-0.3, -0.25) is 4.98 Å². The molecule has 0 aliphatic heterocycles. The van der Waals surface area contributed by atoms with Crippen LogP contribution >= 0.6 is 0 Å². The molecule has 17 heavy (non-hydrogen) atoms. The minimum atomic E-state index is 0.625. The van der Waals surface area contributed by atoms with E-state index in [9.17, 15) is 0 Å². The number of benzene rings is 1. The third kappa shape index (κ3) is 3.79. The van der Waals surface area contributed by atoms with Crippen LogP contribution in [0.5, 0.6) is 5.75 Å². The van der Waals surface area contributed by atoms with E-state index in [4.69, 9.17) is 4.74 Å². The third-order valence-electron chi connectivity index (χ3n) is 2.36. The number of ether oxygens (including phenoxy) is 1. The Bertz CT molecular complexity index is 440. The number of nitrogens with one attached hydrogen (secondary N) is 1. The predicted octanol–water partition coefficient (Wildman–Crippen LogP) is 2.88. The maximum atomic E-state index is 5.56. The smallest absolute Gasteiger partial charge is 0.137 e. The average Bonchev–Trinajstić information content (AvgIpc) is 2.38. The molecule has 0 fully saturated rings. The van der Waals surface area contributed by atoms with Gasteiger partial charge in [-0.05, 0) is 31.2 Å². The molecule has 2 rings (SSSR count). The first-order valence-electron chi connectivity index (χ1n) is 5.69. The summed E-state index contributed by atoms with van der Waals surface area (Å²) < 4.78 is 5.56. The standard InChI is InChI=1S/C14H16N2O/c1-12-7-8-14(11-16-12)17-10-9-15-13-5-3-2-4-6-13/h2-8,11,15H,9-10H2,1H3. The number of aryl methyl sites for hydroxylation is 1. The first kappa shape index (κ1) is 11.5. The number of hydrogen-bond donors (Lipinski definition) is 1. The minimum Gasteiger partial charge on any atom is -0.490 e. The van der Waals surface area contributed by atoms with Crippen molar-refractivity contribution >= 4 is 5.69 Å². The highest BCUT2D eigenvalue weighted by atomic mass is 16.5. The van der Waals surface area contributed by atoms with Crippen LogP contribution in [0.25, 0.3) is 0 Å². The first-order valence-corrected chi connectivity index (χ1v) is 5.69. The summed E-state index contributed by atoms with van der Waals surface area (Å²) >= 11 is 0. The molecule has 0 aliphatic carbocycles. The number of anilines is 1. The molecule has 0 amide bonds. The van der Waals surface area contributed by atoms with Gasteiger partial charge in [0.2, 0.25) is 0 Å². The van der Waals surface area contributed by atoms with E-state index in [0.29, 0.717) is 6.61 Å². The van der Waals surface area contributed by atoms with Crippen LogP contribution in [0.15, 0.2) is 48.7 Å². The molecular weight excluding hydrogens is 212 g/mol. The third-order valence-corrected chi connectivity index (χ3v) is 2.36. The number of rotatable bonds is 5. The van der Waals surface area contributed by atoms with E-state index in [2.05, 4.69) is 10.3 Å². The molecule has 0 unspecified atom stereocenters. The summed E-state index contributed by atoms with van der Waals surface area (Å²) in [5.41, 5.74) is 2.11. The molecule has 0 saturated heterocycles. The van der Waals surface area contributed by atoms with Crippen molar-refractivity contribution in [3.8, 4) is 5.75 Å². The van der Waals surface area contributed by atoms with Gasteiger partial charge in [-0.2, -0.15) is 0 Å². The summed E-state index contributed by atoms with van der Waals surface area (Å²) in [4.78, 5) is 4.17. The second-order valence-corrected chi connectivity index (χ2v) is 3.78. The fourth-order valence-electron chi connectivity index (χ4n) is 1.46.